The lowest BCUT2D eigenvalue weighted by Crippen LogP contribution is -2.56. The van der Waals surface area contributed by atoms with Gasteiger partial charge in [-0.3, -0.25) is 9.59 Å². The molecule has 1 rings (SSSR count). The van der Waals surface area contributed by atoms with E-state index in [1.807, 2.05) is 37.5 Å². The predicted octanol–water partition coefficient (Wildman–Crippen LogP) is 1.22. The Hall–Kier alpha value is -1.10. The molecule has 1 aliphatic heterocycles. The van der Waals surface area contributed by atoms with Crippen molar-refractivity contribution in [3.63, 3.8) is 0 Å². The maximum atomic E-state index is 12.3. The van der Waals surface area contributed by atoms with Crippen molar-refractivity contribution < 1.29 is 9.59 Å². The molecule has 2 atom stereocenters. The molecule has 0 unspecified atom stereocenters. The van der Waals surface area contributed by atoms with Crippen LogP contribution in [0.5, 0.6) is 0 Å². The molecule has 2 N–H and O–H groups in total. The molecule has 1 aliphatic rings. The van der Waals surface area contributed by atoms with Crippen LogP contribution in [0, 0.1) is 5.92 Å². The van der Waals surface area contributed by atoms with Crippen LogP contribution in [0.3, 0.4) is 0 Å². The van der Waals surface area contributed by atoms with Crippen molar-refractivity contribution in [3.8, 4) is 0 Å². The van der Waals surface area contributed by atoms with Crippen molar-refractivity contribution in [2.45, 2.75) is 65.6 Å². The van der Waals surface area contributed by atoms with Gasteiger partial charge in [0.1, 0.15) is 0 Å². The number of rotatable bonds is 4. The molecule has 0 radical (unpaired) electrons. The third-order valence-electron chi connectivity index (χ3n) is 4.02. The number of hydrogen-bond donors (Lipinski definition) is 1. The van der Waals surface area contributed by atoms with Gasteiger partial charge in [-0.05, 0) is 32.6 Å². The van der Waals surface area contributed by atoms with Gasteiger partial charge in [0.15, 0.2) is 0 Å². The van der Waals surface area contributed by atoms with E-state index in [2.05, 4.69) is 0 Å². The van der Waals surface area contributed by atoms with Crippen molar-refractivity contribution in [2.75, 3.05) is 13.1 Å². The summed E-state index contributed by atoms with van der Waals surface area (Å²) in [5.74, 6) is 0.223. The van der Waals surface area contributed by atoms with Crippen LogP contribution in [0.25, 0.3) is 0 Å². The number of likely N-dealkylation sites (tertiary alicyclic amines) is 1. The van der Waals surface area contributed by atoms with Gasteiger partial charge in [-0.1, -0.05) is 13.8 Å². The van der Waals surface area contributed by atoms with Crippen molar-refractivity contribution in [1.29, 1.82) is 0 Å². The van der Waals surface area contributed by atoms with Gasteiger partial charge in [0, 0.05) is 32.1 Å². The van der Waals surface area contributed by atoms with E-state index in [9.17, 15) is 9.59 Å². The average molecular weight is 283 g/mol. The fourth-order valence-corrected chi connectivity index (χ4v) is 2.92. The number of piperidine rings is 1. The van der Waals surface area contributed by atoms with E-state index >= 15 is 0 Å². The summed E-state index contributed by atoms with van der Waals surface area (Å²) in [6.45, 7) is 10.9. The van der Waals surface area contributed by atoms with E-state index in [4.69, 9.17) is 5.73 Å². The summed E-state index contributed by atoms with van der Waals surface area (Å²) in [4.78, 5) is 27.9. The van der Waals surface area contributed by atoms with Gasteiger partial charge in [0.25, 0.3) is 0 Å². The van der Waals surface area contributed by atoms with Crippen LogP contribution in [-0.2, 0) is 9.59 Å². The Kier molecular flexibility index (Phi) is 5.99. The minimum Gasteiger partial charge on any atom is -0.339 e. The van der Waals surface area contributed by atoms with E-state index in [1.54, 1.807) is 6.92 Å². The van der Waals surface area contributed by atoms with E-state index in [1.165, 1.54) is 0 Å². The molecule has 0 aromatic carbocycles. The Morgan fingerprint density at radius 1 is 1.25 bits per heavy atom. The van der Waals surface area contributed by atoms with Crippen LogP contribution in [0.2, 0.25) is 0 Å². The zero-order valence-electron chi connectivity index (χ0n) is 13.4. The third kappa shape index (κ3) is 3.95. The molecule has 2 amide bonds. The molecule has 0 saturated carbocycles. The van der Waals surface area contributed by atoms with Crippen molar-refractivity contribution >= 4 is 11.8 Å². The molecule has 0 aromatic heterocycles. The normalized spacial score (nSPS) is 21.2. The van der Waals surface area contributed by atoms with Gasteiger partial charge in [-0.15, -0.1) is 0 Å². The molecule has 116 valence electrons. The van der Waals surface area contributed by atoms with E-state index < -0.39 is 6.04 Å². The minimum absolute atomic E-state index is 0.0111. The monoisotopic (exact) mass is 283 g/mol. The van der Waals surface area contributed by atoms with E-state index in [0.717, 1.165) is 19.4 Å². The lowest BCUT2D eigenvalue weighted by atomic mass is 9.99. The highest BCUT2D eigenvalue weighted by Gasteiger charge is 2.32. The summed E-state index contributed by atoms with van der Waals surface area (Å²) in [6.07, 6.45) is 1.89. The molecule has 1 saturated heterocycles. The molecule has 20 heavy (non-hydrogen) atoms. The second-order valence-electron chi connectivity index (χ2n) is 6.37. The van der Waals surface area contributed by atoms with E-state index in [-0.39, 0.29) is 29.8 Å². The molecule has 0 bridgehead atoms. The van der Waals surface area contributed by atoms with Gasteiger partial charge in [0.05, 0.1) is 6.04 Å². The van der Waals surface area contributed by atoms with Crippen molar-refractivity contribution in [2.24, 2.45) is 11.7 Å². The summed E-state index contributed by atoms with van der Waals surface area (Å²) in [7, 11) is 0. The standard InChI is InChI=1S/C15H29N3O2/c1-10(2)14(16)15(20)17-8-6-7-13(9-17)18(11(3)4)12(5)19/h10-11,13-14H,6-9,16H2,1-5H3/t13-,14-/m0/s1. The van der Waals surface area contributed by atoms with Gasteiger partial charge in [0.2, 0.25) is 11.8 Å². The second-order valence-corrected chi connectivity index (χ2v) is 6.37. The number of amides is 2. The van der Waals surface area contributed by atoms with Crippen molar-refractivity contribution in [3.05, 3.63) is 0 Å². The highest BCUT2D eigenvalue weighted by molar-refractivity contribution is 5.82. The second kappa shape index (κ2) is 7.07. The first-order valence-corrected chi connectivity index (χ1v) is 7.59. The number of nitrogens with zero attached hydrogens (tertiary/aromatic N) is 2. The summed E-state index contributed by atoms with van der Waals surface area (Å²) in [5.41, 5.74) is 5.96. The van der Waals surface area contributed by atoms with Gasteiger partial charge in [-0.25, -0.2) is 0 Å². The minimum atomic E-state index is -0.446. The molecule has 5 nitrogen and oxygen atoms in total. The van der Waals surface area contributed by atoms with Crippen LogP contribution in [0.15, 0.2) is 0 Å². The summed E-state index contributed by atoms with van der Waals surface area (Å²) in [5, 5.41) is 0. The zero-order valence-corrected chi connectivity index (χ0v) is 13.4. The SMILES string of the molecule is CC(=O)N(C(C)C)[C@H]1CCCN(C(=O)[C@@H](N)C(C)C)C1. The molecular formula is C15H29N3O2. The topological polar surface area (TPSA) is 66.6 Å². The highest BCUT2D eigenvalue weighted by atomic mass is 16.2. The lowest BCUT2D eigenvalue weighted by Gasteiger charge is -2.41. The Morgan fingerprint density at radius 2 is 1.85 bits per heavy atom. The first-order chi connectivity index (χ1) is 9.25. The van der Waals surface area contributed by atoms with Crippen LogP contribution in [0.1, 0.15) is 47.5 Å². The van der Waals surface area contributed by atoms with Gasteiger partial charge < -0.3 is 15.5 Å². The molecule has 5 heteroatoms. The highest BCUT2D eigenvalue weighted by Crippen LogP contribution is 2.19. The Morgan fingerprint density at radius 3 is 2.30 bits per heavy atom. The maximum Gasteiger partial charge on any atom is 0.239 e. The molecule has 0 aliphatic carbocycles. The first-order valence-electron chi connectivity index (χ1n) is 7.59. The smallest absolute Gasteiger partial charge is 0.239 e. The third-order valence-corrected chi connectivity index (χ3v) is 4.02. The number of carbonyl (C=O) groups is 2. The van der Waals surface area contributed by atoms with Crippen molar-refractivity contribution in [1.82, 2.24) is 9.80 Å². The van der Waals surface area contributed by atoms with Crippen LogP contribution >= 0.6 is 0 Å². The van der Waals surface area contributed by atoms with Crippen LogP contribution < -0.4 is 5.73 Å². The van der Waals surface area contributed by atoms with E-state index in [0.29, 0.717) is 6.54 Å². The molecule has 1 heterocycles. The Labute approximate surface area is 122 Å². The molecule has 1 fully saturated rings. The number of hydrogen-bond acceptors (Lipinski definition) is 3. The number of carbonyl (C=O) groups excluding carboxylic acids is 2. The Bertz CT molecular complexity index is 355. The van der Waals surface area contributed by atoms with Crippen LogP contribution in [0.4, 0.5) is 0 Å². The first kappa shape index (κ1) is 17.0. The predicted molar refractivity (Wildman–Crippen MR) is 80.1 cm³/mol. The Balaban J connectivity index is 2.76. The van der Waals surface area contributed by atoms with Gasteiger partial charge in [-0.2, -0.15) is 0 Å². The summed E-state index contributed by atoms with van der Waals surface area (Å²) >= 11 is 0. The summed E-state index contributed by atoms with van der Waals surface area (Å²) < 4.78 is 0. The van der Waals surface area contributed by atoms with Crippen LogP contribution in [-0.4, -0.2) is 52.8 Å². The number of nitrogens with two attached hydrogens (primary N) is 1. The zero-order chi connectivity index (χ0) is 15.4. The molecule has 0 aromatic rings. The molecule has 0 spiro atoms. The van der Waals surface area contributed by atoms with Gasteiger partial charge >= 0.3 is 0 Å². The average Bonchev–Trinajstić information content (AvgIpc) is 2.36. The lowest BCUT2D eigenvalue weighted by molar-refractivity contribution is -0.141. The quantitative estimate of drug-likeness (QED) is 0.843. The fraction of sp³-hybridized carbons (Fsp3) is 0.867. The fourth-order valence-electron chi connectivity index (χ4n) is 2.92. The molecular weight excluding hydrogens is 254 g/mol. The summed E-state index contributed by atoms with van der Waals surface area (Å²) in [6, 6.07) is -0.172. The largest absolute Gasteiger partial charge is 0.339 e. The maximum absolute atomic E-state index is 12.3.